The van der Waals surface area contributed by atoms with Crippen LogP contribution in [0.1, 0.15) is 32.3 Å². The number of H-pyrrole nitrogens is 1. The topological polar surface area (TPSA) is 83.4 Å². The molecule has 1 N–H and O–H groups in total. The Morgan fingerprint density at radius 2 is 1.61 bits per heavy atom. The largest absolute Gasteiger partial charge is 0.341 e. The van der Waals surface area contributed by atoms with Crippen molar-refractivity contribution >= 4 is 39.4 Å². The number of benzene rings is 3. The number of carbonyl (C=O) groups excluding carboxylic acids is 2. The number of nitrogens with zero attached hydrogens (tertiary/aromatic N) is 4. The quantitative estimate of drug-likeness (QED) is 0.365. The van der Waals surface area contributed by atoms with Crippen molar-refractivity contribution in [3.8, 4) is 22.5 Å². The molecular formula is C29H19N5O2. The zero-order valence-corrected chi connectivity index (χ0v) is 19.3. The lowest BCUT2D eigenvalue weighted by Crippen LogP contribution is -2.41. The molecule has 0 bridgehead atoms. The number of pyridine rings is 1. The van der Waals surface area contributed by atoms with E-state index in [-0.39, 0.29) is 11.7 Å². The highest BCUT2D eigenvalue weighted by Gasteiger charge is 2.42. The molecule has 1 amide bonds. The maximum atomic E-state index is 14.2. The Morgan fingerprint density at radius 3 is 2.47 bits per heavy atom. The van der Waals surface area contributed by atoms with Gasteiger partial charge in [0, 0.05) is 24.7 Å². The summed E-state index contributed by atoms with van der Waals surface area (Å²) in [5, 5.41) is 0. The molecule has 36 heavy (non-hydrogen) atoms. The van der Waals surface area contributed by atoms with Crippen LogP contribution in [0, 0.1) is 0 Å². The van der Waals surface area contributed by atoms with Crippen molar-refractivity contribution in [3.05, 3.63) is 89.6 Å². The molecule has 4 heterocycles. The van der Waals surface area contributed by atoms with Crippen molar-refractivity contribution in [2.45, 2.75) is 5.92 Å². The second-order valence-corrected chi connectivity index (χ2v) is 9.55. The van der Waals surface area contributed by atoms with E-state index in [9.17, 15) is 9.59 Å². The number of aromatic nitrogens is 4. The molecule has 0 fully saturated rings. The van der Waals surface area contributed by atoms with Crippen LogP contribution in [0.2, 0.25) is 0 Å². The van der Waals surface area contributed by atoms with Gasteiger partial charge in [-0.25, -0.2) is 9.97 Å². The van der Waals surface area contributed by atoms with Crippen molar-refractivity contribution in [1.29, 1.82) is 0 Å². The number of amides is 1. The van der Waals surface area contributed by atoms with Gasteiger partial charge >= 0.3 is 0 Å². The normalized spacial score (nSPS) is 16.7. The number of hydrogen-bond acceptors (Lipinski definition) is 4. The van der Waals surface area contributed by atoms with Gasteiger partial charge in [-0.3, -0.25) is 14.0 Å². The van der Waals surface area contributed by atoms with Gasteiger partial charge in [0.25, 0.3) is 5.91 Å². The minimum atomic E-state index is -0.409. The summed E-state index contributed by atoms with van der Waals surface area (Å²) in [4.78, 5) is 42.1. The molecule has 172 valence electrons. The Hall–Kier alpha value is -4.78. The third-order valence-corrected chi connectivity index (χ3v) is 7.54. The SMILES string of the molecule is CN1CC2C(=O)c3c(cc(-c4nc5ccccc5[nH]4)c4nc5ccccc5n34)-c3cccc(c32)C1=O. The summed E-state index contributed by atoms with van der Waals surface area (Å²) in [6.45, 7) is 0.362. The van der Waals surface area contributed by atoms with E-state index in [0.717, 1.165) is 44.3 Å². The number of carbonyl (C=O) groups is 2. The number of imidazole rings is 2. The average Bonchev–Trinajstić information content (AvgIpc) is 3.51. The van der Waals surface area contributed by atoms with Crippen LogP contribution in [-0.4, -0.2) is 49.5 Å². The van der Waals surface area contributed by atoms with Gasteiger partial charge in [-0.05, 0) is 47.5 Å². The second kappa shape index (κ2) is 6.66. The van der Waals surface area contributed by atoms with E-state index in [1.807, 2.05) is 77.2 Å². The number of nitrogens with one attached hydrogen (secondary N) is 1. The summed E-state index contributed by atoms with van der Waals surface area (Å²) in [6, 6.07) is 23.5. The summed E-state index contributed by atoms with van der Waals surface area (Å²) in [5.74, 6) is 0.238. The van der Waals surface area contributed by atoms with Crippen LogP contribution in [0.25, 0.3) is 50.2 Å². The predicted molar refractivity (Wildman–Crippen MR) is 137 cm³/mol. The van der Waals surface area contributed by atoms with Crippen LogP contribution < -0.4 is 0 Å². The molecule has 0 radical (unpaired) electrons. The summed E-state index contributed by atoms with van der Waals surface area (Å²) < 4.78 is 1.99. The molecule has 3 aromatic heterocycles. The lowest BCUT2D eigenvalue weighted by molar-refractivity contribution is 0.0742. The number of fused-ring (bicyclic) bond motifs is 7. The first-order valence-corrected chi connectivity index (χ1v) is 11.9. The number of hydrogen-bond donors (Lipinski definition) is 1. The zero-order chi connectivity index (χ0) is 24.1. The van der Waals surface area contributed by atoms with Crippen LogP contribution in [-0.2, 0) is 0 Å². The number of para-hydroxylation sites is 4. The minimum absolute atomic E-state index is 0.00797. The molecule has 1 atom stereocenters. The van der Waals surface area contributed by atoms with Gasteiger partial charge in [0.1, 0.15) is 11.5 Å². The molecule has 1 unspecified atom stereocenters. The first-order valence-electron chi connectivity index (χ1n) is 11.9. The van der Waals surface area contributed by atoms with Gasteiger partial charge < -0.3 is 9.88 Å². The molecule has 7 heteroatoms. The molecule has 0 saturated heterocycles. The Bertz CT molecular complexity index is 1910. The molecule has 2 aliphatic rings. The summed E-state index contributed by atoms with van der Waals surface area (Å²) in [5.41, 5.74) is 8.73. The van der Waals surface area contributed by atoms with Crippen LogP contribution in [0.3, 0.4) is 0 Å². The molecule has 1 aliphatic carbocycles. The van der Waals surface area contributed by atoms with Gasteiger partial charge in [0.05, 0.1) is 39.2 Å². The van der Waals surface area contributed by atoms with Crippen molar-refractivity contribution in [2.24, 2.45) is 0 Å². The number of Topliss-reactive ketones (excluding diaryl/α,β-unsaturated/α-hetero) is 1. The maximum Gasteiger partial charge on any atom is 0.253 e. The van der Waals surface area contributed by atoms with E-state index in [0.29, 0.717) is 29.3 Å². The van der Waals surface area contributed by atoms with Crippen molar-refractivity contribution in [1.82, 2.24) is 24.3 Å². The van der Waals surface area contributed by atoms with Gasteiger partial charge in [0.2, 0.25) is 0 Å². The van der Waals surface area contributed by atoms with E-state index >= 15 is 0 Å². The fourth-order valence-corrected chi connectivity index (χ4v) is 5.93. The van der Waals surface area contributed by atoms with Crippen LogP contribution in [0.15, 0.2) is 72.8 Å². The van der Waals surface area contributed by atoms with E-state index in [1.165, 1.54) is 0 Å². The molecule has 3 aromatic carbocycles. The van der Waals surface area contributed by atoms with Crippen LogP contribution in [0.4, 0.5) is 0 Å². The molecule has 1 aliphatic heterocycles. The maximum absolute atomic E-state index is 14.2. The Balaban J connectivity index is 1.54. The highest BCUT2D eigenvalue weighted by atomic mass is 16.2. The summed E-state index contributed by atoms with van der Waals surface area (Å²) in [6.07, 6.45) is 0. The lowest BCUT2D eigenvalue weighted by atomic mass is 9.75. The highest BCUT2D eigenvalue weighted by Crippen LogP contribution is 2.46. The number of rotatable bonds is 1. The van der Waals surface area contributed by atoms with Gasteiger partial charge in [-0.2, -0.15) is 0 Å². The second-order valence-electron chi connectivity index (χ2n) is 9.55. The smallest absolute Gasteiger partial charge is 0.253 e. The van der Waals surface area contributed by atoms with E-state index in [2.05, 4.69) is 4.98 Å². The Morgan fingerprint density at radius 1 is 0.833 bits per heavy atom. The molecule has 0 saturated carbocycles. The first-order chi connectivity index (χ1) is 17.6. The standard InChI is InChI=1S/C29H19N5O2/c1-33-14-19-24-15(7-6-8-16(24)29(33)36)17-13-18(27-30-20-9-2-3-10-21(20)31-27)28-32-22-11-4-5-12-23(22)34(28)25(17)26(19)35/h2-13,19H,14H2,1H3,(H,30,31). The number of ketones is 1. The molecule has 0 spiro atoms. The molecule has 7 nitrogen and oxygen atoms in total. The fourth-order valence-electron chi connectivity index (χ4n) is 5.93. The fraction of sp³-hybridized carbons (Fsp3) is 0.103. The third-order valence-electron chi connectivity index (χ3n) is 7.54. The van der Waals surface area contributed by atoms with Crippen molar-refractivity contribution < 1.29 is 9.59 Å². The minimum Gasteiger partial charge on any atom is -0.341 e. The Kier molecular flexibility index (Phi) is 3.61. The number of aromatic amines is 1. The zero-order valence-electron chi connectivity index (χ0n) is 19.3. The average molecular weight is 470 g/mol. The highest BCUT2D eigenvalue weighted by molar-refractivity contribution is 6.15. The lowest BCUT2D eigenvalue weighted by Gasteiger charge is -2.36. The summed E-state index contributed by atoms with van der Waals surface area (Å²) >= 11 is 0. The third kappa shape index (κ3) is 2.36. The van der Waals surface area contributed by atoms with E-state index < -0.39 is 5.92 Å². The van der Waals surface area contributed by atoms with Crippen molar-refractivity contribution in [3.63, 3.8) is 0 Å². The van der Waals surface area contributed by atoms with E-state index in [4.69, 9.17) is 9.97 Å². The van der Waals surface area contributed by atoms with Crippen LogP contribution in [0.5, 0.6) is 0 Å². The summed E-state index contributed by atoms with van der Waals surface area (Å²) in [7, 11) is 1.76. The van der Waals surface area contributed by atoms with Gasteiger partial charge in [-0.15, -0.1) is 0 Å². The van der Waals surface area contributed by atoms with Crippen LogP contribution >= 0.6 is 0 Å². The van der Waals surface area contributed by atoms with E-state index in [1.54, 1.807) is 11.9 Å². The number of likely N-dealkylation sites (N-methyl/N-ethyl adjacent to an activating group) is 1. The predicted octanol–water partition coefficient (Wildman–Crippen LogP) is 5.06. The first kappa shape index (κ1) is 19.5. The van der Waals surface area contributed by atoms with Crippen molar-refractivity contribution in [2.75, 3.05) is 13.6 Å². The monoisotopic (exact) mass is 469 g/mol. The van der Waals surface area contributed by atoms with Gasteiger partial charge in [-0.1, -0.05) is 36.4 Å². The molecule has 6 aromatic rings. The Labute approximate surface area is 205 Å². The molecular weight excluding hydrogens is 450 g/mol. The van der Waals surface area contributed by atoms with Gasteiger partial charge in [0.15, 0.2) is 5.78 Å². The molecule has 8 rings (SSSR count).